The minimum absolute atomic E-state index is 0.0865. The number of anilines is 1. The zero-order chi connectivity index (χ0) is 24.7. The number of allylic oxidation sites excluding steroid dienone is 1. The van der Waals surface area contributed by atoms with E-state index in [1.54, 1.807) is 43.6 Å². The van der Waals surface area contributed by atoms with Crippen LogP contribution in [0, 0.1) is 0 Å². The first-order valence-electron chi connectivity index (χ1n) is 10.4. The molecule has 1 aromatic carbocycles. The van der Waals surface area contributed by atoms with E-state index in [0.717, 1.165) is 12.1 Å². The maximum atomic E-state index is 12.8. The molecule has 1 fully saturated rings. The van der Waals surface area contributed by atoms with Crippen molar-refractivity contribution in [3.63, 3.8) is 0 Å². The van der Waals surface area contributed by atoms with Crippen LogP contribution in [0.3, 0.4) is 0 Å². The van der Waals surface area contributed by atoms with Crippen molar-refractivity contribution in [1.82, 2.24) is 10.3 Å². The number of nitrogens with zero attached hydrogens (tertiary/aromatic N) is 2. The third-order valence-electron chi connectivity index (χ3n) is 4.97. The van der Waals surface area contributed by atoms with Gasteiger partial charge in [-0.25, -0.2) is 4.98 Å². The highest BCUT2D eigenvalue weighted by Gasteiger charge is 2.32. The van der Waals surface area contributed by atoms with Gasteiger partial charge in [0, 0.05) is 29.7 Å². The van der Waals surface area contributed by atoms with Crippen molar-refractivity contribution < 1.29 is 27.4 Å². The lowest BCUT2D eigenvalue weighted by atomic mass is 10.1. The monoisotopic (exact) mass is 474 g/mol. The Bertz CT molecular complexity index is 1180. The standard InChI is InChI=1S/C24H25F3N4O3/c1-3-4-21-19(20(28)11-12-29-2)9-10-22(30-21)34-14-18-13-31(23(32)15-33-18)17-7-5-16(6-8-17)24(25,26)27/h3-12,18,29H,1,13-15,28H2,2H3/b12-11-,20-19-,21-4-/t18-/m0/s1. The van der Waals surface area contributed by atoms with Crippen LogP contribution in [0.2, 0.25) is 0 Å². The molecule has 0 aliphatic carbocycles. The second kappa shape index (κ2) is 10.9. The molecule has 1 aromatic heterocycles. The molecule has 1 atom stereocenters. The number of hydrogen-bond donors (Lipinski definition) is 2. The van der Waals surface area contributed by atoms with Gasteiger partial charge in [-0.05, 0) is 48.7 Å². The van der Waals surface area contributed by atoms with Gasteiger partial charge >= 0.3 is 6.18 Å². The van der Waals surface area contributed by atoms with E-state index in [4.69, 9.17) is 15.2 Å². The lowest BCUT2D eigenvalue weighted by molar-refractivity contribution is -0.137. The van der Waals surface area contributed by atoms with Crippen LogP contribution < -0.4 is 31.3 Å². The van der Waals surface area contributed by atoms with Crippen molar-refractivity contribution in [3.05, 3.63) is 77.5 Å². The number of pyridine rings is 1. The Hall–Kier alpha value is -3.79. The molecule has 1 aliphatic rings. The summed E-state index contributed by atoms with van der Waals surface area (Å²) in [5.74, 6) is -0.0224. The zero-order valence-electron chi connectivity index (χ0n) is 18.5. The number of hydrogen-bond acceptors (Lipinski definition) is 6. The van der Waals surface area contributed by atoms with Crippen molar-refractivity contribution in [2.75, 3.05) is 31.7 Å². The fraction of sp³-hybridized carbons (Fsp3) is 0.250. The number of halogens is 3. The number of alkyl halides is 3. The maximum Gasteiger partial charge on any atom is 0.416 e. The molecular formula is C24H25F3N4O3. The summed E-state index contributed by atoms with van der Waals surface area (Å²) in [7, 11) is 1.76. The topological polar surface area (TPSA) is 89.7 Å². The molecule has 3 rings (SSSR count). The highest BCUT2D eigenvalue weighted by Crippen LogP contribution is 2.31. The molecule has 0 bridgehead atoms. The third-order valence-corrected chi connectivity index (χ3v) is 4.97. The van der Waals surface area contributed by atoms with Crippen LogP contribution in [0.5, 0.6) is 5.88 Å². The average Bonchev–Trinajstić information content (AvgIpc) is 2.82. The number of nitrogens with one attached hydrogen (secondary N) is 1. The van der Waals surface area contributed by atoms with Crippen LogP contribution in [0.1, 0.15) is 5.56 Å². The summed E-state index contributed by atoms with van der Waals surface area (Å²) in [5.41, 5.74) is 6.19. The Morgan fingerprint density at radius 1 is 1.32 bits per heavy atom. The molecule has 0 spiro atoms. The number of ether oxygens (including phenoxy) is 2. The smallest absolute Gasteiger partial charge is 0.416 e. The summed E-state index contributed by atoms with van der Waals surface area (Å²) < 4.78 is 49.8. The van der Waals surface area contributed by atoms with Crippen LogP contribution in [-0.4, -0.2) is 43.8 Å². The lowest BCUT2D eigenvalue weighted by Gasteiger charge is -2.32. The van der Waals surface area contributed by atoms with Gasteiger partial charge in [0.1, 0.15) is 19.3 Å². The van der Waals surface area contributed by atoms with Gasteiger partial charge in [-0.15, -0.1) is 0 Å². The highest BCUT2D eigenvalue weighted by atomic mass is 19.4. The van der Waals surface area contributed by atoms with Crippen LogP contribution in [0.4, 0.5) is 18.9 Å². The Labute approximate surface area is 194 Å². The van der Waals surface area contributed by atoms with Crippen LogP contribution in [0.25, 0.3) is 11.8 Å². The number of carbonyl (C=O) groups excluding carboxylic acids is 1. The van der Waals surface area contributed by atoms with Crippen LogP contribution >= 0.6 is 0 Å². The molecule has 0 saturated carbocycles. The van der Waals surface area contributed by atoms with E-state index in [2.05, 4.69) is 16.9 Å². The van der Waals surface area contributed by atoms with Crippen LogP contribution in [-0.2, 0) is 15.7 Å². The molecule has 180 valence electrons. The van der Waals surface area contributed by atoms with Crippen LogP contribution in [0.15, 0.2) is 61.3 Å². The number of carbonyl (C=O) groups is 1. The van der Waals surface area contributed by atoms with Crippen molar-refractivity contribution in [3.8, 4) is 5.88 Å². The second-order valence-electron chi connectivity index (χ2n) is 7.36. The van der Waals surface area contributed by atoms with Crippen molar-refractivity contribution >= 4 is 23.4 Å². The number of amides is 1. The van der Waals surface area contributed by atoms with Gasteiger partial charge < -0.3 is 25.4 Å². The molecule has 1 saturated heterocycles. The Balaban J connectivity index is 1.72. The van der Waals surface area contributed by atoms with E-state index in [0.29, 0.717) is 27.8 Å². The molecule has 0 unspecified atom stereocenters. The maximum absolute atomic E-state index is 12.8. The predicted octanol–water partition coefficient (Wildman–Crippen LogP) is 1.68. The van der Waals surface area contributed by atoms with E-state index >= 15 is 0 Å². The van der Waals surface area contributed by atoms with Gasteiger partial charge in [-0.2, -0.15) is 13.2 Å². The number of rotatable bonds is 7. The molecule has 7 nitrogen and oxygen atoms in total. The minimum atomic E-state index is -4.44. The summed E-state index contributed by atoms with van der Waals surface area (Å²) in [6, 6.07) is 7.86. The Kier molecular flexibility index (Phi) is 7.95. The summed E-state index contributed by atoms with van der Waals surface area (Å²) in [6.07, 6.45) is 1.75. The predicted molar refractivity (Wildman–Crippen MR) is 123 cm³/mol. The molecular weight excluding hydrogens is 449 g/mol. The molecule has 10 heteroatoms. The zero-order valence-corrected chi connectivity index (χ0v) is 18.5. The first-order chi connectivity index (χ1) is 16.2. The second-order valence-corrected chi connectivity index (χ2v) is 7.36. The molecule has 2 heterocycles. The molecule has 1 amide bonds. The van der Waals surface area contributed by atoms with E-state index in [9.17, 15) is 18.0 Å². The van der Waals surface area contributed by atoms with E-state index in [-0.39, 0.29) is 25.7 Å². The summed E-state index contributed by atoms with van der Waals surface area (Å²) in [6.45, 7) is 3.70. The van der Waals surface area contributed by atoms with Crippen molar-refractivity contribution in [2.45, 2.75) is 12.3 Å². The first kappa shape index (κ1) is 24.8. The number of aromatic nitrogens is 1. The third kappa shape index (κ3) is 6.16. The van der Waals surface area contributed by atoms with Gasteiger partial charge in [-0.1, -0.05) is 12.7 Å². The van der Waals surface area contributed by atoms with Gasteiger partial charge in [0.25, 0.3) is 5.91 Å². The largest absolute Gasteiger partial charge is 0.475 e. The fourth-order valence-corrected chi connectivity index (χ4v) is 3.27. The first-order valence-corrected chi connectivity index (χ1v) is 10.4. The van der Waals surface area contributed by atoms with Gasteiger partial charge in [0.2, 0.25) is 5.88 Å². The minimum Gasteiger partial charge on any atom is -0.475 e. The summed E-state index contributed by atoms with van der Waals surface area (Å²) in [5, 5.41) is 4.13. The number of morpholine rings is 1. The van der Waals surface area contributed by atoms with Crippen molar-refractivity contribution in [1.29, 1.82) is 0 Å². The number of nitrogens with two attached hydrogens (primary N) is 1. The van der Waals surface area contributed by atoms with Gasteiger partial charge in [-0.3, -0.25) is 4.79 Å². The Morgan fingerprint density at radius 3 is 2.71 bits per heavy atom. The Morgan fingerprint density at radius 2 is 2.06 bits per heavy atom. The summed E-state index contributed by atoms with van der Waals surface area (Å²) >= 11 is 0. The number of benzene rings is 1. The average molecular weight is 474 g/mol. The summed E-state index contributed by atoms with van der Waals surface area (Å²) in [4.78, 5) is 18.1. The van der Waals surface area contributed by atoms with E-state index in [1.807, 2.05) is 0 Å². The molecule has 34 heavy (non-hydrogen) atoms. The van der Waals surface area contributed by atoms with Crippen molar-refractivity contribution in [2.24, 2.45) is 5.73 Å². The highest BCUT2D eigenvalue weighted by molar-refractivity contribution is 5.95. The van der Waals surface area contributed by atoms with E-state index in [1.165, 1.54) is 17.0 Å². The molecule has 3 N–H and O–H groups in total. The normalized spacial score (nSPS) is 18.2. The van der Waals surface area contributed by atoms with E-state index < -0.39 is 17.8 Å². The molecule has 0 radical (unpaired) electrons. The lowest BCUT2D eigenvalue weighted by Crippen LogP contribution is -2.49. The quantitative estimate of drug-likeness (QED) is 0.635. The molecule has 1 aliphatic heterocycles. The fourth-order valence-electron chi connectivity index (χ4n) is 3.27. The van der Waals surface area contributed by atoms with Gasteiger partial charge in [0.15, 0.2) is 0 Å². The van der Waals surface area contributed by atoms with Gasteiger partial charge in [0.05, 0.1) is 17.5 Å². The molecule has 2 aromatic rings. The SMILES string of the molecule is C=C\C=c1/nc(OC[C@@H]2CN(c3ccc(C(F)(F)F)cc3)C(=O)CO2)cc/c1=C(N)\C=C/NC.